The van der Waals surface area contributed by atoms with Gasteiger partial charge in [-0.05, 0) is 27.4 Å². The number of benzene rings is 1. The molecule has 0 spiro atoms. The Morgan fingerprint density at radius 2 is 1.95 bits per heavy atom. The Morgan fingerprint density at radius 3 is 2.58 bits per heavy atom. The first-order valence-corrected chi connectivity index (χ1v) is 7.15. The smallest absolute Gasteiger partial charge is 0.267 e. The van der Waals surface area contributed by atoms with E-state index in [4.69, 9.17) is 0 Å². The van der Waals surface area contributed by atoms with Crippen LogP contribution >= 0.6 is 15.9 Å². The minimum absolute atomic E-state index is 0.00497. The molecule has 0 saturated heterocycles. The summed E-state index contributed by atoms with van der Waals surface area (Å²) < 4.78 is 2.22. The van der Waals surface area contributed by atoms with Crippen LogP contribution < -0.4 is 5.56 Å². The van der Waals surface area contributed by atoms with Gasteiger partial charge in [-0.2, -0.15) is 0 Å². The average molecular weight is 321 g/mol. The van der Waals surface area contributed by atoms with E-state index in [1.165, 1.54) is 0 Å². The van der Waals surface area contributed by atoms with Gasteiger partial charge >= 0.3 is 0 Å². The van der Waals surface area contributed by atoms with Crippen LogP contribution in [0.15, 0.2) is 45.9 Å². The SMILES string of the molecule is CC(C)Cn1cnc(Cc2ccccc2)c(Br)c1=O. The van der Waals surface area contributed by atoms with Crippen LogP contribution in [0.5, 0.6) is 0 Å². The summed E-state index contributed by atoms with van der Waals surface area (Å²) >= 11 is 3.38. The molecule has 0 aliphatic heterocycles. The zero-order valence-electron chi connectivity index (χ0n) is 11.1. The molecule has 0 N–H and O–H groups in total. The summed E-state index contributed by atoms with van der Waals surface area (Å²) in [5, 5.41) is 0. The Bertz CT molecular complexity index is 605. The molecule has 1 aromatic heterocycles. The third kappa shape index (κ3) is 3.53. The van der Waals surface area contributed by atoms with Gasteiger partial charge < -0.3 is 0 Å². The highest BCUT2D eigenvalue weighted by atomic mass is 79.9. The van der Waals surface area contributed by atoms with Gasteiger partial charge in [0, 0.05) is 13.0 Å². The van der Waals surface area contributed by atoms with Gasteiger partial charge in [0.2, 0.25) is 0 Å². The van der Waals surface area contributed by atoms with Crippen LogP contribution in [0.1, 0.15) is 25.1 Å². The molecule has 0 radical (unpaired) electrons. The molecule has 3 nitrogen and oxygen atoms in total. The molecule has 0 atom stereocenters. The van der Waals surface area contributed by atoms with E-state index in [0.717, 1.165) is 11.3 Å². The molecule has 0 amide bonds. The van der Waals surface area contributed by atoms with Gasteiger partial charge in [0.15, 0.2) is 0 Å². The second kappa shape index (κ2) is 6.15. The Labute approximate surface area is 121 Å². The average Bonchev–Trinajstić information content (AvgIpc) is 2.39. The zero-order valence-corrected chi connectivity index (χ0v) is 12.7. The summed E-state index contributed by atoms with van der Waals surface area (Å²) in [7, 11) is 0. The van der Waals surface area contributed by atoms with Crippen molar-refractivity contribution in [1.82, 2.24) is 9.55 Å². The molecular formula is C15H17BrN2O. The lowest BCUT2D eigenvalue weighted by atomic mass is 10.1. The molecule has 0 fully saturated rings. The standard InChI is InChI=1S/C15H17BrN2O/c1-11(2)9-18-10-17-13(14(16)15(18)19)8-12-6-4-3-5-7-12/h3-7,10-11H,8-9H2,1-2H3. The van der Waals surface area contributed by atoms with Gasteiger partial charge in [-0.25, -0.2) is 4.98 Å². The lowest BCUT2D eigenvalue weighted by Gasteiger charge is -2.10. The monoisotopic (exact) mass is 320 g/mol. The fourth-order valence-electron chi connectivity index (χ4n) is 1.93. The van der Waals surface area contributed by atoms with Crippen LogP contribution in [0.4, 0.5) is 0 Å². The van der Waals surface area contributed by atoms with Crippen molar-refractivity contribution in [1.29, 1.82) is 0 Å². The first-order valence-electron chi connectivity index (χ1n) is 6.35. The first kappa shape index (κ1) is 14.0. The van der Waals surface area contributed by atoms with Crippen LogP contribution in [-0.2, 0) is 13.0 Å². The van der Waals surface area contributed by atoms with E-state index in [1.54, 1.807) is 10.9 Å². The zero-order chi connectivity index (χ0) is 13.8. The van der Waals surface area contributed by atoms with Gasteiger partial charge in [-0.1, -0.05) is 44.2 Å². The third-order valence-electron chi connectivity index (χ3n) is 2.83. The largest absolute Gasteiger partial charge is 0.298 e. The van der Waals surface area contributed by atoms with E-state index >= 15 is 0 Å². The van der Waals surface area contributed by atoms with E-state index in [9.17, 15) is 4.79 Å². The minimum Gasteiger partial charge on any atom is -0.298 e. The van der Waals surface area contributed by atoms with Crippen molar-refractivity contribution in [2.45, 2.75) is 26.8 Å². The van der Waals surface area contributed by atoms with Crippen LogP contribution in [0.2, 0.25) is 0 Å². The Balaban J connectivity index is 2.29. The molecule has 0 unspecified atom stereocenters. The molecule has 0 saturated carbocycles. The van der Waals surface area contributed by atoms with Gasteiger partial charge in [0.1, 0.15) is 4.47 Å². The highest BCUT2D eigenvalue weighted by Crippen LogP contribution is 2.14. The maximum Gasteiger partial charge on any atom is 0.267 e. The van der Waals surface area contributed by atoms with Crippen LogP contribution in [-0.4, -0.2) is 9.55 Å². The van der Waals surface area contributed by atoms with Gasteiger partial charge in [-0.15, -0.1) is 0 Å². The summed E-state index contributed by atoms with van der Waals surface area (Å²) in [5.74, 6) is 0.423. The van der Waals surface area contributed by atoms with Gasteiger partial charge in [0.25, 0.3) is 5.56 Å². The van der Waals surface area contributed by atoms with Crippen LogP contribution in [0, 0.1) is 5.92 Å². The maximum atomic E-state index is 12.2. The lowest BCUT2D eigenvalue weighted by molar-refractivity contribution is 0.502. The van der Waals surface area contributed by atoms with Crippen molar-refractivity contribution in [3.8, 4) is 0 Å². The number of aromatic nitrogens is 2. The molecule has 19 heavy (non-hydrogen) atoms. The molecule has 1 heterocycles. The Kier molecular flexibility index (Phi) is 4.53. The van der Waals surface area contributed by atoms with Crippen molar-refractivity contribution < 1.29 is 0 Å². The summed E-state index contributed by atoms with van der Waals surface area (Å²) in [6.45, 7) is 4.85. The van der Waals surface area contributed by atoms with Crippen LogP contribution in [0.25, 0.3) is 0 Å². The first-order chi connectivity index (χ1) is 9.08. The molecule has 100 valence electrons. The summed E-state index contributed by atoms with van der Waals surface area (Å²) in [6, 6.07) is 10.0. The third-order valence-corrected chi connectivity index (χ3v) is 3.63. The molecule has 1 aromatic carbocycles. The van der Waals surface area contributed by atoms with E-state index in [2.05, 4.69) is 34.8 Å². The van der Waals surface area contributed by atoms with Crippen molar-refractivity contribution in [2.24, 2.45) is 5.92 Å². The predicted octanol–water partition coefficient (Wildman–Crippen LogP) is 3.25. The Morgan fingerprint density at radius 1 is 1.26 bits per heavy atom. The maximum absolute atomic E-state index is 12.2. The molecule has 0 aliphatic rings. The second-order valence-electron chi connectivity index (χ2n) is 5.02. The van der Waals surface area contributed by atoms with Gasteiger partial charge in [-0.3, -0.25) is 9.36 Å². The minimum atomic E-state index is -0.00497. The van der Waals surface area contributed by atoms with Crippen molar-refractivity contribution >= 4 is 15.9 Å². The van der Waals surface area contributed by atoms with Crippen molar-refractivity contribution in [3.63, 3.8) is 0 Å². The fraction of sp³-hybridized carbons (Fsp3) is 0.333. The summed E-state index contributed by atoms with van der Waals surface area (Å²) in [6.07, 6.45) is 2.31. The Hall–Kier alpha value is -1.42. The predicted molar refractivity (Wildman–Crippen MR) is 80.3 cm³/mol. The fourth-order valence-corrected chi connectivity index (χ4v) is 2.40. The highest BCUT2D eigenvalue weighted by molar-refractivity contribution is 9.10. The molecular weight excluding hydrogens is 304 g/mol. The van der Waals surface area contributed by atoms with E-state index in [0.29, 0.717) is 23.4 Å². The topological polar surface area (TPSA) is 34.9 Å². The highest BCUT2D eigenvalue weighted by Gasteiger charge is 2.10. The normalized spacial score (nSPS) is 10.9. The van der Waals surface area contributed by atoms with E-state index in [1.807, 2.05) is 30.3 Å². The molecule has 0 bridgehead atoms. The van der Waals surface area contributed by atoms with E-state index in [-0.39, 0.29) is 5.56 Å². The number of hydrogen-bond donors (Lipinski definition) is 0. The molecule has 2 aromatic rings. The molecule has 0 aliphatic carbocycles. The number of rotatable bonds is 4. The van der Waals surface area contributed by atoms with Crippen LogP contribution in [0.3, 0.4) is 0 Å². The summed E-state index contributed by atoms with van der Waals surface area (Å²) in [4.78, 5) is 16.6. The van der Waals surface area contributed by atoms with Crippen molar-refractivity contribution in [3.05, 3.63) is 62.7 Å². The summed E-state index contributed by atoms with van der Waals surface area (Å²) in [5.41, 5.74) is 1.93. The number of halogens is 1. The number of nitrogens with zero attached hydrogens (tertiary/aromatic N) is 2. The van der Waals surface area contributed by atoms with Gasteiger partial charge in [0.05, 0.1) is 12.0 Å². The molecule has 2 rings (SSSR count). The lowest BCUT2D eigenvalue weighted by Crippen LogP contribution is -2.24. The number of hydrogen-bond acceptors (Lipinski definition) is 2. The quantitative estimate of drug-likeness (QED) is 0.866. The molecule has 4 heteroatoms. The second-order valence-corrected chi connectivity index (χ2v) is 5.81. The van der Waals surface area contributed by atoms with E-state index < -0.39 is 0 Å². The van der Waals surface area contributed by atoms with Crippen molar-refractivity contribution in [2.75, 3.05) is 0 Å².